The van der Waals surface area contributed by atoms with E-state index in [1.807, 2.05) is 24.3 Å². The number of aliphatic hydroxyl groups is 1. The van der Waals surface area contributed by atoms with Crippen molar-refractivity contribution < 1.29 is 9.84 Å². The molecule has 3 nitrogen and oxygen atoms in total. The van der Waals surface area contributed by atoms with Gasteiger partial charge in [-0.05, 0) is 31.0 Å². The summed E-state index contributed by atoms with van der Waals surface area (Å²) in [6.07, 6.45) is 0.583. The topological polar surface area (TPSA) is 41.5 Å². The third-order valence-electron chi connectivity index (χ3n) is 6.64. The van der Waals surface area contributed by atoms with Crippen LogP contribution < -0.4 is 10.1 Å². The largest absolute Gasteiger partial charge is 0.496 e. The Balaban J connectivity index is 1.81. The highest BCUT2D eigenvalue weighted by Crippen LogP contribution is 2.50. The summed E-state index contributed by atoms with van der Waals surface area (Å²) in [6, 6.07) is 25.1. The van der Waals surface area contributed by atoms with Gasteiger partial charge in [-0.15, -0.1) is 0 Å². The summed E-state index contributed by atoms with van der Waals surface area (Å²) >= 11 is 0. The third-order valence-corrected chi connectivity index (χ3v) is 6.64. The van der Waals surface area contributed by atoms with Crippen molar-refractivity contribution in [3.05, 3.63) is 101 Å². The Hall–Kier alpha value is -2.62. The van der Waals surface area contributed by atoms with Crippen LogP contribution in [0.5, 0.6) is 5.75 Å². The molecule has 1 saturated heterocycles. The first kappa shape index (κ1) is 20.6. The second-order valence-corrected chi connectivity index (χ2v) is 8.64. The highest BCUT2D eigenvalue weighted by Gasteiger charge is 2.48. The van der Waals surface area contributed by atoms with Crippen molar-refractivity contribution in [1.82, 2.24) is 5.32 Å². The fraction of sp³-hybridized carbons (Fsp3) is 0.333. The van der Waals surface area contributed by atoms with Gasteiger partial charge in [0.2, 0.25) is 0 Å². The number of rotatable bonds is 4. The molecule has 4 rings (SSSR count). The molecular weight excluding hydrogens is 370 g/mol. The summed E-state index contributed by atoms with van der Waals surface area (Å²) in [4.78, 5) is 0. The molecule has 0 radical (unpaired) electrons. The predicted octanol–water partition coefficient (Wildman–Crippen LogP) is 5.61. The minimum absolute atomic E-state index is 0.0144. The van der Waals surface area contributed by atoms with Crippen LogP contribution in [0.2, 0.25) is 0 Å². The van der Waals surface area contributed by atoms with Gasteiger partial charge in [0.15, 0.2) is 0 Å². The normalized spacial score (nSPS) is 26.4. The van der Waals surface area contributed by atoms with Gasteiger partial charge in [-0.2, -0.15) is 0 Å². The van der Waals surface area contributed by atoms with Crippen LogP contribution in [0.1, 0.15) is 53.2 Å². The summed E-state index contributed by atoms with van der Waals surface area (Å²) in [6.45, 7) is 6.33. The van der Waals surface area contributed by atoms with E-state index in [9.17, 15) is 5.11 Å². The average Bonchev–Trinajstić information content (AvgIpc) is 2.77. The maximum absolute atomic E-state index is 12.2. The smallest absolute Gasteiger partial charge is 0.124 e. The quantitative estimate of drug-likeness (QED) is 0.597. The molecule has 30 heavy (non-hydrogen) atoms. The summed E-state index contributed by atoms with van der Waals surface area (Å²) < 4.78 is 5.65. The third kappa shape index (κ3) is 3.76. The lowest BCUT2D eigenvalue weighted by Gasteiger charge is -2.48. The Morgan fingerprint density at radius 3 is 2.03 bits per heavy atom. The minimum atomic E-state index is -1.02. The Bertz CT molecular complexity index is 996. The fourth-order valence-corrected chi connectivity index (χ4v) is 4.72. The molecule has 0 aliphatic carbocycles. The number of hydrogen-bond donors (Lipinski definition) is 2. The first-order valence-corrected chi connectivity index (χ1v) is 10.7. The van der Waals surface area contributed by atoms with Gasteiger partial charge in [-0.1, -0.05) is 84.8 Å². The number of methoxy groups -OCH3 is 1. The van der Waals surface area contributed by atoms with Gasteiger partial charge in [0, 0.05) is 30.0 Å². The van der Waals surface area contributed by atoms with Crippen molar-refractivity contribution in [3.63, 3.8) is 0 Å². The zero-order valence-corrected chi connectivity index (χ0v) is 18.2. The lowest BCUT2D eigenvalue weighted by Crippen LogP contribution is -2.50. The number of piperidine rings is 1. The van der Waals surface area contributed by atoms with Crippen LogP contribution in [0.15, 0.2) is 72.8 Å². The van der Waals surface area contributed by atoms with Gasteiger partial charge in [0.05, 0.1) is 12.7 Å². The SMILES string of the molecule is COc1ccccc1[C@]1(O)C[C@H](c2ccc(C)cc2)N[C@@H](c2ccc(C)cc2)[C@H]1C. The highest BCUT2D eigenvalue weighted by atomic mass is 16.5. The molecule has 0 unspecified atom stereocenters. The molecule has 0 spiro atoms. The molecule has 1 aliphatic heterocycles. The van der Waals surface area contributed by atoms with Crippen LogP contribution >= 0.6 is 0 Å². The Morgan fingerprint density at radius 1 is 0.867 bits per heavy atom. The highest BCUT2D eigenvalue weighted by molar-refractivity contribution is 5.41. The first-order chi connectivity index (χ1) is 14.4. The molecule has 1 fully saturated rings. The molecule has 4 atom stereocenters. The summed E-state index contributed by atoms with van der Waals surface area (Å²) in [5.41, 5.74) is 4.69. The van der Waals surface area contributed by atoms with Crippen molar-refractivity contribution in [2.24, 2.45) is 5.92 Å². The molecule has 0 bridgehead atoms. The lowest BCUT2D eigenvalue weighted by atomic mass is 9.68. The van der Waals surface area contributed by atoms with Crippen molar-refractivity contribution >= 4 is 0 Å². The van der Waals surface area contributed by atoms with Crippen molar-refractivity contribution in [2.45, 2.75) is 44.9 Å². The maximum atomic E-state index is 12.2. The van der Waals surface area contributed by atoms with E-state index in [-0.39, 0.29) is 18.0 Å². The van der Waals surface area contributed by atoms with Crippen molar-refractivity contribution in [1.29, 1.82) is 0 Å². The molecule has 3 aromatic carbocycles. The van der Waals surface area contributed by atoms with E-state index in [4.69, 9.17) is 4.74 Å². The number of hydrogen-bond acceptors (Lipinski definition) is 3. The molecule has 3 heteroatoms. The van der Waals surface area contributed by atoms with E-state index in [1.165, 1.54) is 22.3 Å². The number of nitrogens with one attached hydrogen (secondary N) is 1. The zero-order valence-electron chi connectivity index (χ0n) is 18.2. The van der Waals surface area contributed by atoms with Crippen LogP contribution in [-0.4, -0.2) is 12.2 Å². The van der Waals surface area contributed by atoms with Gasteiger partial charge in [0.1, 0.15) is 5.75 Å². The van der Waals surface area contributed by atoms with E-state index in [1.54, 1.807) is 7.11 Å². The second-order valence-electron chi connectivity index (χ2n) is 8.64. The van der Waals surface area contributed by atoms with Crippen molar-refractivity contribution in [3.8, 4) is 5.75 Å². The van der Waals surface area contributed by atoms with E-state index in [0.717, 1.165) is 11.3 Å². The van der Waals surface area contributed by atoms with Gasteiger partial charge in [-0.25, -0.2) is 0 Å². The number of aryl methyl sites for hydroxylation is 2. The van der Waals surface area contributed by atoms with Gasteiger partial charge >= 0.3 is 0 Å². The van der Waals surface area contributed by atoms with Gasteiger partial charge in [0.25, 0.3) is 0 Å². The molecule has 1 aliphatic rings. The second kappa shape index (κ2) is 8.25. The van der Waals surface area contributed by atoms with Crippen LogP contribution in [0, 0.1) is 19.8 Å². The lowest BCUT2D eigenvalue weighted by molar-refractivity contribution is -0.0755. The van der Waals surface area contributed by atoms with Gasteiger partial charge in [-0.3, -0.25) is 0 Å². The molecule has 0 amide bonds. The molecule has 0 aromatic heterocycles. The van der Waals surface area contributed by atoms with Crippen LogP contribution in [0.25, 0.3) is 0 Å². The molecule has 3 aromatic rings. The molecule has 2 N–H and O–H groups in total. The Labute approximate surface area is 179 Å². The van der Waals surface area contributed by atoms with Crippen LogP contribution in [-0.2, 0) is 5.60 Å². The molecule has 156 valence electrons. The first-order valence-electron chi connectivity index (χ1n) is 10.7. The van der Waals surface area contributed by atoms with Crippen molar-refractivity contribution in [2.75, 3.05) is 7.11 Å². The standard InChI is InChI=1S/C27H31NO2/c1-18-9-13-21(14-10-18)24-17-27(29,23-7-5-6-8-25(23)30-4)20(3)26(28-24)22-15-11-19(2)12-16-22/h5-16,20,24,26,28-29H,17H2,1-4H3/t20-,24-,26-,27+/m1/s1. The average molecular weight is 402 g/mol. The number of ether oxygens (including phenoxy) is 1. The van der Waals surface area contributed by atoms with E-state index < -0.39 is 5.60 Å². The number of para-hydroxylation sites is 1. The summed E-state index contributed by atoms with van der Waals surface area (Å²) in [7, 11) is 1.67. The maximum Gasteiger partial charge on any atom is 0.124 e. The fourth-order valence-electron chi connectivity index (χ4n) is 4.72. The minimum Gasteiger partial charge on any atom is -0.496 e. The predicted molar refractivity (Wildman–Crippen MR) is 122 cm³/mol. The Morgan fingerprint density at radius 2 is 1.43 bits per heavy atom. The molecular formula is C27H31NO2. The van der Waals surface area contributed by atoms with Crippen LogP contribution in [0.3, 0.4) is 0 Å². The molecule has 0 saturated carbocycles. The van der Waals surface area contributed by atoms with Crippen LogP contribution in [0.4, 0.5) is 0 Å². The van der Waals surface area contributed by atoms with Gasteiger partial charge < -0.3 is 15.2 Å². The summed E-state index contributed by atoms with van der Waals surface area (Å²) in [5.74, 6) is 0.692. The number of benzene rings is 3. The Kier molecular flexibility index (Phi) is 5.68. The summed E-state index contributed by atoms with van der Waals surface area (Å²) in [5, 5.41) is 16.0. The monoisotopic (exact) mass is 401 g/mol. The molecule has 1 heterocycles. The zero-order chi connectivity index (χ0) is 21.3. The van der Waals surface area contributed by atoms with E-state index in [0.29, 0.717) is 6.42 Å². The van der Waals surface area contributed by atoms with E-state index in [2.05, 4.69) is 74.6 Å². The van der Waals surface area contributed by atoms with E-state index >= 15 is 0 Å².